The molecular weight excluding hydrogens is 426 g/mol. The molecule has 1 unspecified atom stereocenters. The molecule has 0 bridgehead atoms. The minimum atomic E-state index is -3.32. The lowest BCUT2D eigenvalue weighted by molar-refractivity contribution is 0.602. The Morgan fingerprint density at radius 3 is 2.38 bits per heavy atom. The van der Waals surface area contributed by atoms with Crippen molar-refractivity contribution >= 4 is 50.5 Å². The largest absolute Gasteiger partial charge is 0.339 e. The molecule has 3 rings (SSSR count). The number of hydrogen-bond donors (Lipinski definition) is 4. The van der Waals surface area contributed by atoms with Crippen molar-refractivity contribution in [1.29, 1.82) is 16.2 Å². The van der Waals surface area contributed by atoms with E-state index in [1.54, 1.807) is 43.1 Å². The van der Waals surface area contributed by atoms with Gasteiger partial charge in [0.1, 0.15) is 17.4 Å². The molecule has 0 aliphatic carbocycles. The van der Waals surface area contributed by atoms with E-state index in [1.165, 1.54) is 6.26 Å². The Balaban J connectivity index is 2.25. The SMILES string of the molecule is CN/N=C(\C=N)c1ccc2c(c1)N(c1ccc(S(C)(=O)=O)cc1)CC(C)C(=N)N2C(C)=N. The summed E-state index contributed by atoms with van der Waals surface area (Å²) in [5, 5.41) is 28.8. The summed E-state index contributed by atoms with van der Waals surface area (Å²) >= 11 is 0. The summed E-state index contributed by atoms with van der Waals surface area (Å²) in [6, 6.07) is 12.1. The zero-order valence-corrected chi connectivity index (χ0v) is 19.3. The standard InChI is InChI=1S/C22H27N7O2S/c1-14-13-28(17-6-8-18(9-7-17)32(4,30)31)21-11-16(19(12-23)27-26-3)5-10-20(21)29(15(2)24)22(14)25/h5-12,14,23-26H,13H2,1-4H3/b23-12?,24-15?,25-22?,27-19+. The lowest BCUT2D eigenvalue weighted by Crippen LogP contribution is -2.38. The van der Waals surface area contributed by atoms with Crippen LogP contribution >= 0.6 is 0 Å². The number of sulfone groups is 1. The number of amidine groups is 2. The van der Waals surface area contributed by atoms with Crippen molar-refractivity contribution in [2.24, 2.45) is 11.0 Å². The molecule has 0 radical (unpaired) electrons. The van der Waals surface area contributed by atoms with Gasteiger partial charge < -0.3 is 15.7 Å². The summed E-state index contributed by atoms with van der Waals surface area (Å²) in [6.45, 7) is 4.02. The summed E-state index contributed by atoms with van der Waals surface area (Å²) in [4.78, 5) is 3.84. The molecule has 32 heavy (non-hydrogen) atoms. The maximum Gasteiger partial charge on any atom is 0.175 e. The van der Waals surface area contributed by atoms with Crippen molar-refractivity contribution in [3.05, 3.63) is 48.0 Å². The summed E-state index contributed by atoms with van der Waals surface area (Å²) in [7, 11) is -1.66. The van der Waals surface area contributed by atoms with Crippen molar-refractivity contribution in [1.82, 2.24) is 5.43 Å². The zero-order valence-electron chi connectivity index (χ0n) is 18.5. The summed E-state index contributed by atoms with van der Waals surface area (Å²) in [5.74, 6) is 0.327. The highest BCUT2D eigenvalue weighted by Gasteiger charge is 2.31. The van der Waals surface area contributed by atoms with Gasteiger partial charge in [0.05, 0.1) is 16.3 Å². The van der Waals surface area contributed by atoms with Crippen LogP contribution in [0.2, 0.25) is 0 Å². The molecule has 10 heteroatoms. The highest BCUT2D eigenvalue weighted by Crippen LogP contribution is 2.40. The predicted molar refractivity (Wildman–Crippen MR) is 130 cm³/mol. The lowest BCUT2D eigenvalue weighted by Gasteiger charge is -2.27. The third-order valence-electron chi connectivity index (χ3n) is 5.25. The van der Waals surface area contributed by atoms with Gasteiger partial charge in [-0.15, -0.1) is 0 Å². The fraction of sp³-hybridized carbons (Fsp3) is 0.273. The molecule has 2 aromatic carbocycles. The van der Waals surface area contributed by atoms with Crippen LogP contribution in [-0.4, -0.2) is 51.9 Å². The van der Waals surface area contributed by atoms with E-state index in [9.17, 15) is 8.42 Å². The van der Waals surface area contributed by atoms with Gasteiger partial charge in [-0.1, -0.05) is 13.0 Å². The molecule has 0 amide bonds. The average molecular weight is 454 g/mol. The van der Waals surface area contributed by atoms with Gasteiger partial charge in [-0.05, 0) is 43.3 Å². The van der Waals surface area contributed by atoms with Crippen LogP contribution in [-0.2, 0) is 9.84 Å². The van der Waals surface area contributed by atoms with Crippen LogP contribution in [0.25, 0.3) is 0 Å². The molecule has 0 saturated carbocycles. The Labute approximate surface area is 188 Å². The van der Waals surface area contributed by atoms with Crippen molar-refractivity contribution < 1.29 is 8.42 Å². The Kier molecular flexibility index (Phi) is 6.45. The first kappa shape index (κ1) is 23.1. The van der Waals surface area contributed by atoms with Crippen LogP contribution in [0.15, 0.2) is 52.5 Å². The van der Waals surface area contributed by atoms with Gasteiger partial charge in [0, 0.05) is 43.2 Å². The van der Waals surface area contributed by atoms with Crippen LogP contribution < -0.4 is 15.2 Å². The first-order chi connectivity index (χ1) is 15.1. The van der Waals surface area contributed by atoms with Gasteiger partial charge in [0.25, 0.3) is 0 Å². The fourth-order valence-electron chi connectivity index (χ4n) is 3.68. The van der Waals surface area contributed by atoms with Gasteiger partial charge in [0.15, 0.2) is 9.84 Å². The number of rotatable bonds is 5. The first-order valence-corrected chi connectivity index (χ1v) is 11.9. The molecule has 0 fully saturated rings. The molecule has 9 nitrogen and oxygen atoms in total. The molecule has 0 aromatic heterocycles. The predicted octanol–water partition coefficient (Wildman–Crippen LogP) is 3.23. The van der Waals surface area contributed by atoms with Crippen molar-refractivity contribution in [2.75, 3.05) is 29.6 Å². The second kappa shape index (κ2) is 8.91. The van der Waals surface area contributed by atoms with Crippen molar-refractivity contribution in [2.45, 2.75) is 18.7 Å². The van der Waals surface area contributed by atoms with E-state index in [-0.39, 0.29) is 16.6 Å². The van der Waals surface area contributed by atoms with E-state index < -0.39 is 9.84 Å². The molecular formula is C22H27N7O2S. The third-order valence-corrected chi connectivity index (χ3v) is 6.38. The number of hydrazone groups is 1. The van der Waals surface area contributed by atoms with Crippen LogP contribution in [0.1, 0.15) is 19.4 Å². The number of nitrogens with one attached hydrogen (secondary N) is 4. The molecule has 1 aliphatic heterocycles. The van der Waals surface area contributed by atoms with E-state index in [1.807, 2.05) is 30.0 Å². The maximum absolute atomic E-state index is 11.9. The third kappa shape index (κ3) is 4.40. The van der Waals surface area contributed by atoms with Crippen LogP contribution in [0.4, 0.5) is 17.1 Å². The normalized spacial score (nSPS) is 16.9. The molecule has 4 N–H and O–H groups in total. The van der Waals surface area contributed by atoms with E-state index in [0.29, 0.717) is 29.3 Å². The van der Waals surface area contributed by atoms with Crippen LogP contribution in [0.5, 0.6) is 0 Å². The lowest BCUT2D eigenvalue weighted by atomic mass is 10.1. The Morgan fingerprint density at radius 1 is 1.19 bits per heavy atom. The number of fused-ring (bicyclic) bond motifs is 1. The second-order valence-corrected chi connectivity index (χ2v) is 9.67. The number of benzene rings is 2. The minimum absolute atomic E-state index is 0.200. The topological polar surface area (TPSA) is 137 Å². The highest BCUT2D eigenvalue weighted by atomic mass is 32.2. The fourth-order valence-corrected chi connectivity index (χ4v) is 4.31. The maximum atomic E-state index is 11.9. The zero-order chi connectivity index (χ0) is 23.6. The first-order valence-electron chi connectivity index (χ1n) is 9.99. The van der Waals surface area contributed by atoms with E-state index >= 15 is 0 Å². The van der Waals surface area contributed by atoms with Crippen molar-refractivity contribution in [3.63, 3.8) is 0 Å². The molecule has 168 valence electrons. The Bertz CT molecular complexity index is 1200. The molecule has 0 spiro atoms. The smallest absolute Gasteiger partial charge is 0.175 e. The highest BCUT2D eigenvalue weighted by molar-refractivity contribution is 7.90. The monoisotopic (exact) mass is 453 g/mol. The Morgan fingerprint density at radius 2 is 1.84 bits per heavy atom. The molecule has 1 atom stereocenters. The van der Waals surface area contributed by atoms with E-state index in [4.69, 9.17) is 16.2 Å². The van der Waals surface area contributed by atoms with Crippen LogP contribution in [0.3, 0.4) is 0 Å². The van der Waals surface area contributed by atoms with Gasteiger partial charge in [-0.2, -0.15) is 5.10 Å². The van der Waals surface area contributed by atoms with Crippen LogP contribution in [0, 0.1) is 22.1 Å². The number of nitrogens with zero attached hydrogens (tertiary/aromatic N) is 3. The summed E-state index contributed by atoms with van der Waals surface area (Å²) < 4.78 is 23.8. The average Bonchev–Trinajstić information content (AvgIpc) is 2.85. The van der Waals surface area contributed by atoms with Gasteiger partial charge in [0.2, 0.25) is 0 Å². The molecule has 0 saturated heterocycles. The van der Waals surface area contributed by atoms with Crippen molar-refractivity contribution in [3.8, 4) is 0 Å². The van der Waals surface area contributed by atoms with Gasteiger partial charge in [-0.25, -0.2) is 8.42 Å². The van der Waals surface area contributed by atoms with E-state index in [0.717, 1.165) is 17.6 Å². The summed E-state index contributed by atoms with van der Waals surface area (Å²) in [5.41, 5.74) is 6.01. The summed E-state index contributed by atoms with van der Waals surface area (Å²) in [6.07, 6.45) is 2.33. The molecule has 1 aliphatic rings. The minimum Gasteiger partial charge on any atom is -0.339 e. The molecule has 2 aromatic rings. The van der Waals surface area contributed by atoms with Gasteiger partial charge in [-0.3, -0.25) is 15.7 Å². The number of anilines is 3. The van der Waals surface area contributed by atoms with E-state index in [2.05, 4.69) is 10.5 Å². The number of hydrogen-bond acceptors (Lipinski definition) is 8. The molecule has 1 heterocycles. The quantitative estimate of drug-likeness (QED) is 0.313. The Hall–Kier alpha value is -3.53. The van der Waals surface area contributed by atoms with Gasteiger partial charge >= 0.3 is 0 Å². The second-order valence-electron chi connectivity index (χ2n) is 7.65.